The van der Waals surface area contributed by atoms with Gasteiger partial charge in [0.1, 0.15) is 0 Å². The number of aromatic nitrogens is 1. The van der Waals surface area contributed by atoms with Crippen molar-refractivity contribution in [2.75, 3.05) is 0 Å². The van der Waals surface area contributed by atoms with Crippen LogP contribution in [-0.4, -0.2) is 10.8 Å². The third-order valence-electron chi connectivity index (χ3n) is 3.52. The van der Waals surface area contributed by atoms with Gasteiger partial charge in [0, 0.05) is 23.6 Å². The molecule has 0 spiro atoms. The van der Waals surface area contributed by atoms with Crippen molar-refractivity contribution in [3.63, 3.8) is 0 Å². The SMILES string of the molecule is Cc1ccccc1CC(=O)c1cnc2ccccc2c1. The second-order valence-corrected chi connectivity index (χ2v) is 4.94. The van der Waals surface area contributed by atoms with E-state index in [4.69, 9.17) is 0 Å². The number of carbonyl (C=O) groups is 1. The monoisotopic (exact) mass is 261 g/mol. The first-order chi connectivity index (χ1) is 9.74. The Labute approximate surface area is 118 Å². The number of Topliss-reactive ketones (excluding diaryl/α,β-unsaturated/α-hetero) is 1. The second-order valence-electron chi connectivity index (χ2n) is 4.94. The summed E-state index contributed by atoms with van der Waals surface area (Å²) in [4.78, 5) is 16.7. The molecule has 2 nitrogen and oxygen atoms in total. The summed E-state index contributed by atoms with van der Waals surface area (Å²) in [5, 5.41) is 1.00. The van der Waals surface area contributed by atoms with Crippen molar-refractivity contribution in [1.29, 1.82) is 0 Å². The zero-order chi connectivity index (χ0) is 13.9. The van der Waals surface area contributed by atoms with Gasteiger partial charge in [0.25, 0.3) is 0 Å². The van der Waals surface area contributed by atoms with Gasteiger partial charge < -0.3 is 0 Å². The average molecular weight is 261 g/mol. The summed E-state index contributed by atoms with van der Waals surface area (Å²) in [6.07, 6.45) is 2.09. The minimum Gasteiger partial charge on any atom is -0.294 e. The fourth-order valence-corrected chi connectivity index (χ4v) is 2.31. The van der Waals surface area contributed by atoms with Crippen LogP contribution in [0.25, 0.3) is 10.9 Å². The molecule has 0 N–H and O–H groups in total. The number of fused-ring (bicyclic) bond motifs is 1. The molecular weight excluding hydrogens is 246 g/mol. The number of pyridine rings is 1. The number of aryl methyl sites for hydroxylation is 1. The molecule has 0 aliphatic rings. The summed E-state index contributed by atoms with van der Waals surface area (Å²) in [7, 11) is 0. The van der Waals surface area contributed by atoms with Gasteiger partial charge in [0.15, 0.2) is 5.78 Å². The van der Waals surface area contributed by atoms with Crippen LogP contribution in [0.15, 0.2) is 60.8 Å². The molecule has 2 heteroatoms. The lowest BCUT2D eigenvalue weighted by atomic mass is 10.00. The van der Waals surface area contributed by atoms with E-state index in [1.807, 2.05) is 61.5 Å². The molecule has 1 aromatic heterocycles. The average Bonchev–Trinajstić information content (AvgIpc) is 2.49. The Morgan fingerprint density at radius 2 is 1.80 bits per heavy atom. The van der Waals surface area contributed by atoms with Crippen molar-refractivity contribution in [2.45, 2.75) is 13.3 Å². The van der Waals surface area contributed by atoms with E-state index < -0.39 is 0 Å². The first-order valence-electron chi connectivity index (χ1n) is 6.66. The van der Waals surface area contributed by atoms with Crippen LogP contribution in [0, 0.1) is 6.92 Å². The predicted molar refractivity (Wildman–Crippen MR) is 81.0 cm³/mol. The van der Waals surface area contributed by atoms with Crippen LogP contribution in [0.1, 0.15) is 21.5 Å². The Balaban J connectivity index is 1.91. The largest absolute Gasteiger partial charge is 0.294 e. The van der Waals surface area contributed by atoms with Gasteiger partial charge in [-0.05, 0) is 30.2 Å². The summed E-state index contributed by atoms with van der Waals surface area (Å²) in [5.74, 6) is 0.109. The molecular formula is C18H15NO. The Morgan fingerprint density at radius 3 is 2.65 bits per heavy atom. The van der Waals surface area contributed by atoms with E-state index in [1.165, 1.54) is 0 Å². The Morgan fingerprint density at radius 1 is 1.05 bits per heavy atom. The van der Waals surface area contributed by atoms with Gasteiger partial charge >= 0.3 is 0 Å². The van der Waals surface area contributed by atoms with Crippen LogP contribution in [0.4, 0.5) is 0 Å². The molecule has 98 valence electrons. The number of para-hydroxylation sites is 1. The maximum absolute atomic E-state index is 12.4. The molecule has 0 aliphatic carbocycles. The molecule has 0 saturated heterocycles. The minimum absolute atomic E-state index is 0.109. The van der Waals surface area contributed by atoms with E-state index >= 15 is 0 Å². The smallest absolute Gasteiger partial charge is 0.168 e. The lowest BCUT2D eigenvalue weighted by molar-refractivity contribution is 0.0992. The minimum atomic E-state index is 0.109. The topological polar surface area (TPSA) is 30.0 Å². The maximum atomic E-state index is 12.4. The van der Waals surface area contributed by atoms with E-state index in [9.17, 15) is 4.79 Å². The molecule has 0 fully saturated rings. The lowest BCUT2D eigenvalue weighted by Gasteiger charge is -2.05. The van der Waals surface area contributed by atoms with Gasteiger partial charge in [-0.25, -0.2) is 0 Å². The van der Waals surface area contributed by atoms with Crippen molar-refractivity contribution in [3.05, 3.63) is 77.5 Å². The molecule has 0 radical (unpaired) electrons. The summed E-state index contributed by atoms with van der Waals surface area (Å²) in [6.45, 7) is 2.03. The number of nitrogens with zero attached hydrogens (tertiary/aromatic N) is 1. The van der Waals surface area contributed by atoms with Crippen LogP contribution in [0.3, 0.4) is 0 Å². The predicted octanol–water partition coefficient (Wildman–Crippen LogP) is 3.97. The number of rotatable bonds is 3. The molecule has 0 aliphatic heterocycles. The summed E-state index contributed by atoms with van der Waals surface area (Å²) in [5.41, 5.74) is 3.81. The van der Waals surface area contributed by atoms with Crippen LogP contribution < -0.4 is 0 Å². The molecule has 1 heterocycles. The molecule has 3 rings (SSSR count). The van der Waals surface area contributed by atoms with Crippen molar-refractivity contribution >= 4 is 16.7 Å². The molecule has 20 heavy (non-hydrogen) atoms. The highest BCUT2D eigenvalue weighted by Crippen LogP contribution is 2.16. The zero-order valence-corrected chi connectivity index (χ0v) is 11.3. The fraction of sp³-hybridized carbons (Fsp3) is 0.111. The zero-order valence-electron chi connectivity index (χ0n) is 11.3. The quantitative estimate of drug-likeness (QED) is 0.668. The Kier molecular flexibility index (Phi) is 3.30. The normalized spacial score (nSPS) is 10.7. The Hall–Kier alpha value is -2.48. The first kappa shape index (κ1) is 12.5. The van der Waals surface area contributed by atoms with E-state index in [0.29, 0.717) is 12.0 Å². The summed E-state index contributed by atoms with van der Waals surface area (Å²) < 4.78 is 0. The third kappa shape index (κ3) is 2.45. The molecule has 2 aromatic carbocycles. The summed E-state index contributed by atoms with van der Waals surface area (Å²) in [6, 6.07) is 17.7. The number of benzene rings is 2. The van der Waals surface area contributed by atoms with Crippen LogP contribution >= 0.6 is 0 Å². The van der Waals surface area contributed by atoms with Gasteiger partial charge in [-0.2, -0.15) is 0 Å². The number of ketones is 1. The van der Waals surface area contributed by atoms with Crippen molar-refractivity contribution in [2.24, 2.45) is 0 Å². The molecule has 0 bridgehead atoms. The van der Waals surface area contributed by atoms with Crippen molar-refractivity contribution in [1.82, 2.24) is 4.98 Å². The molecule has 0 unspecified atom stereocenters. The molecule has 0 saturated carbocycles. The van der Waals surface area contributed by atoms with Crippen LogP contribution in [0.5, 0.6) is 0 Å². The highest BCUT2D eigenvalue weighted by atomic mass is 16.1. The van der Waals surface area contributed by atoms with E-state index in [1.54, 1.807) is 6.20 Å². The van der Waals surface area contributed by atoms with Crippen molar-refractivity contribution < 1.29 is 4.79 Å². The van der Waals surface area contributed by atoms with Crippen LogP contribution in [-0.2, 0) is 6.42 Å². The van der Waals surface area contributed by atoms with Crippen molar-refractivity contribution in [3.8, 4) is 0 Å². The molecule has 0 atom stereocenters. The molecule has 3 aromatic rings. The van der Waals surface area contributed by atoms with Gasteiger partial charge in [0.2, 0.25) is 0 Å². The van der Waals surface area contributed by atoms with Gasteiger partial charge in [-0.15, -0.1) is 0 Å². The van der Waals surface area contributed by atoms with Gasteiger partial charge in [0.05, 0.1) is 5.52 Å². The van der Waals surface area contributed by atoms with E-state index in [0.717, 1.165) is 22.0 Å². The second kappa shape index (κ2) is 5.25. The standard InChI is InChI=1S/C18H15NO/c1-13-6-2-3-7-14(13)11-18(20)16-10-15-8-4-5-9-17(15)19-12-16/h2-10,12H,11H2,1H3. The number of hydrogen-bond acceptors (Lipinski definition) is 2. The maximum Gasteiger partial charge on any atom is 0.168 e. The van der Waals surface area contributed by atoms with Gasteiger partial charge in [-0.1, -0.05) is 42.5 Å². The van der Waals surface area contributed by atoms with E-state index in [-0.39, 0.29) is 5.78 Å². The van der Waals surface area contributed by atoms with E-state index in [2.05, 4.69) is 4.98 Å². The highest BCUT2D eigenvalue weighted by Gasteiger charge is 2.09. The Bertz CT molecular complexity index is 777. The molecule has 0 amide bonds. The first-order valence-corrected chi connectivity index (χ1v) is 6.66. The fourth-order valence-electron chi connectivity index (χ4n) is 2.31. The number of carbonyl (C=O) groups excluding carboxylic acids is 1. The van der Waals surface area contributed by atoms with Gasteiger partial charge in [-0.3, -0.25) is 9.78 Å². The highest BCUT2D eigenvalue weighted by molar-refractivity contribution is 6.00. The number of hydrogen-bond donors (Lipinski definition) is 0. The summed E-state index contributed by atoms with van der Waals surface area (Å²) >= 11 is 0. The lowest BCUT2D eigenvalue weighted by Crippen LogP contribution is -2.05. The third-order valence-corrected chi connectivity index (χ3v) is 3.52. The van der Waals surface area contributed by atoms with Crippen LogP contribution in [0.2, 0.25) is 0 Å².